The van der Waals surface area contributed by atoms with E-state index in [1.54, 1.807) is 6.92 Å². The fourth-order valence-electron chi connectivity index (χ4n) is 3.05. The van der Waals surface area contributed by atoms with E-state index in [1.807, 2.05) is 13.8 Å². The predicted molar refractivity (Wildman–Crippen MR) is 103 cm³/mol. The molecule has 0 aromatic heterocycles. The summed E-state index contributed by atoms with van der Waals surface area (Å²) in [5, 5.41) is 2.70. The number of amides is 2. The topological polar surface area (TPSA) is 102 Å². The number of hydrogen-bond acceptors (Lipinski definition) is 6. The van der Waals surface area contributed by atoms with Crippen LogP contribution in [0.2, 0.25) is 0 Å². The number of sulfonamides is 1. The molecule has 0 unspecified atom stereocenters. The van der Waals surface area contributed by atoms with E-state index in [1.165, 1.54) is 25.3 Å². The molecular formula is C19H28N2O6S. The Morgan fingerprint density at radius 2 is 2.07 bits per heavy atom. The smallest absolute Gasteiger partial charge is 0.267 e. The van der Waals surface area contributed by atoms with E-state index in [-0.39, 0.29) is 23.8 Å². The fraction of sp³-hybridized carbons (Fsp3) is 0.579. The standard InChI is InChI=1S/C19H28N2O6S/c1-13(2)27-11-5-10-20-19(23)16-7-9-18(22)21(16)28(24,25)15-6-8-17(26-4)14(3)12-15/h6,8,12-13,16H,5,7,9-11H2,1-4H3,(H,20,23)/t16-/m0/s1. The molecule has 1 N–H and O–H groups in total. The molecule has 1 heterocycles. The Hall–Kier alpha value is -2.13. The van der Waals surface area contributed by atoms with Crippen LogP contribution >= 0.6 is 0 Å². The minimum Gasteiger partial charge on any atom is -0.496 e. The maximum Gasteiger partial charge on any atom is 0.267 e. The van der Waals surface area contributed by atoms with Crippen LogP contribution in [-0.4, -0.2) is 56.9 Å². The van der Waals surface area contributed by atoms with Crippen molar-refractivity contribution < 1.29 is 27.5 Å². The van der Waals surface area contributed by atoms with Gasteiger partial charge in [0.25, 0.3) is 10.0 Å². The monoisotopic (exact) mass is 412 g/mol. The van der Waals surface area contributed by atoms with E-state index < -0.39 is 27.9 Å². The molecule has 1 aliphatic heterocycles. The van der Waals surface area contributed by atoms with Gasteiger partial charge in [-0.05, 0) is 57.4 Å². The normalized spacial score (nSPS) is 17.2. The average Bonchev–Trinajstić information content (AvgIpc) is 3.03. The van der Waals surface area contributed by atoms with E-state index in [0.717, 1.165) is 0 Å². The van der Waals surface area contributed by atoms with Crippen molar-refractivity contribution >= 4 is 21.8 Å². The minimum atomic E-state index is -4.13. The first-order valence-corrected chi connectivity index (χ1v) is 10.7. The van der Waals surface area contributed by atoms with E-state index in [9.17, 15) is 18.0 Å². The molecule has 1 saturated heterocycles. The molecule has 1 aliphatic rings. The number of aryl methyl sites for hydroxylation is 1. The number of nitrogens with one attached hydrogen (secondary N) is 1. The van der Waals surface area contributed by atoms with Crippen LogP contribution in [-0.2, 0) is 24.3 Å². The minimum absolute atomic E-state index is 0.0168. The summed E-state index contributed by atoms with van der Waals surface area (Å²) < 4.78 is 37.3. The van der Waals surface area contributed by atoms with E-state index in [2.05, 4.69) is 5.32 Å². The number of carbonyl (C=O) groups is 2. The summed E-state index contributed by atoms with van der Waals surface area (Å²) in [5.41, 5.74) is 0.626. The Morgan fingerprint density at radius 1 is 1.36 bits per heavy atom. The van der Waals surface area contributed by atoms with Crippen molar-refractivity contribution in [3.8, 4) is 5.75 Å². The average molecular weight is 413 g/mol. The third-order valence-corrected chi connectivity index (χ3v) is 6.28. The molecular weight excluding hydrogens is 384 g/mol. The number of benzene rings is 1. The zero-order valence-corrected chi connectivity index (χ0v) is 17.5. The van der Waals surface area contributed by atoms with Crippen molar-refractivity contribution in [2.75, 3.05) is 20.3 Å². The van der Waals surface area contributed by atoms with E-state index in [4.69, 9.17) is 9.47 Å². The maximum absolute atomic E-state index is 13.0. The summed E-state index contributed by atoms with van der Waals surface area (Å²) in [6.45, 7) is 6.41. The molecule has 1 aromatic carbocycles. The molecule has 0 aliphatic carbocycles. The van der Waals surface area contributed by atoms with Gasteiger partial charge in [0.05, 0.1) is 18.1 Å². The van der Waals surface area contributed by atoms with Crippen LogP contribution in [0, 0.1) is 6.92 Å². The summed E-state index contributed by atoms with van der Waals surface area (Å²) in [4.78, 5) is 24.8. The van der Waals surface area contributed by atoms with Crippen molar-refractivity contribution in [3.05, 3.63) is 23.8 Å². The van der Waals surface area contributed by atoms with Crippen LogP contribution in [0.4, 0.5) is 0 Å². The van der Waals surface area contributed by atoms with Crippen LogP contribution in [0.3, 0.4) is 0 Å². The van der Waals surface area contributed by atoms with Crippen molar-refractivity contribution in [1.29, 1.82) is 0 Å². The molecule has 0 bridgehead atoms. The first kappa shape index (κ1) is 22.2. The van der Waals surface area contributed by atoms with Crippen LogP contribution in [0.5, 0.6) is 5.75 Å². The maximum atomic E-state index is 13.0. The summed E-state index contributed by atoms with van der Waals surface area (Å²) in [7, 11) is -2.64. The summed E-state index contributed by atoms with van der Waals surface area (Å²) in [6.07, 6.45) is 0.899. The second-order valence-electron chi connectivity index (χ2n) is 6.94. The van der Waals surface area contributed by atoms with Gasteiger partial charge in [-0.15, -0.1) is 0 Å². The third kappa shape index (κ3) is 5.02. The van der Waals surface area contributed by atoms with Crippen LogP contribution in [0.15, 0.2) is 23.1 Å². The highest BCUT2D eigenvalue weighted by atomic mass is 32.2. The highest BCUT2D eigenvalue weighted by Gasteiger charge is 2.44. The lowest BCUT2D eigenvalue weighted by Crippen LogP contribution is -2.47. The summed E-state index contributed by atoms with van der Waals surface area (Å²) in [5.74, 6) is -0.495. The highest BCUT2D eigenvalue weighted by Crippen LogP contribution is 2.29. The second-order valence-corrected chi connectivity index (χ2v) is 8.76. The molecule has 1 fully saturated rings. The fourth-order valence-corrected chi connectivity index (χ4v) is 4.73. The second kappa shape index (κ2) is 9.38. The van der Waals surface area contributed by atoms with Gasteiger partial charge in [0.1, 0.15) is 11.8 Å². The first-order chi connectivity index (χ1) is 13.2. The molecule has 1 atom stereocenters. The largest absolute Gasteiger partial charge is 0.496 e. The molecule has 0 spiro atoms. The molecule has 0 saturated carbocycles. The Balaban J connectivity index is 2.12. The lowest BCUT2D eigenvalue weighted by molar-refractivity contribution is -0.130. The number of ether oxygens (including phenoxy) is 2. The van der Waals surface area contributed by atoms with Crippen molar-refractivity contribution in [2.24, 2.45) is 0 Å². The zero-order chi connectivity index (χ0) is 20.9. The van der Waals surface area contributed by atoms with E-state index >= 15 is 0 Å². The van der Waals surface area contributed by atoms with Crippen LogP contribution < -0.4 is 10.1 Å². The Kier molecular flexibility index (Phi) is 7.42. The molecule has 8 nitrogen and oxygen atoms in total. The Morgan fingerprint density at radius 3 is 2.68 bits per heavy atom. The summed E-state index contributed by atoms with van der Waals surface area (Å²) >= 11 is 0. The summed E-state index contributed by atoms with van der Waals surface area (Å²) in [6, 6.07) is 3.32. The third-order valence-electron chi connectivity index (χ3n) is 4.46. The molecule has 0 radical (unpaired) electrons. The lowest BCUT2D eigenvalue weighted by Gasteiger charge is -2.24. The number of carbonyl (C=O) groups excluding carboxylic acids is 2. The van der Waals surface area contributed by atoms with E-state index in [0.29, 0.717) is 35.2 Å². The van der Waals surface area contributed by atoms with Gasteiger partial charge in [0.2, 0.25) is 11.8 Å². The van der Waals surface area contributed by atoms with Gasteiger partial charge < -0.3 is 14.8 Å². The van der Waals surface area contributed by atoms with Crippen LogP contribution in [0.1, 0.15) is 38.7 Å². The van der Waals surface area contributed by atoms with Crippen molar-refractivity contribution in [2.45, 2.75) is 57.1 Å². The van der Waals surface area contributed by atoms with Gasteiger partial charge in [0.15, 0.2) is 0 Å². The Labute approximate surface area is 166 Å². The number of methoxy groups -OCH3 is 1. The van der Waals surface area contributed by atoms with Gasteiger partial charge in [-0.1, -0.05) is 0 Å². The van der Waals surface area contributed by atoms with Gasteiger partial charge in [0, 0.05) is 19.6 Å². The van der Waals surface area contributed by atoms with Gasteiger partial charge >= 0.3 is 0 Å². The Bertz CT molecular complexity index is 822. The van der Waals surface area contributed by atoms with Gasteiger partial charge in [-0.25, -0.2) is 12.7 Å². The molecule has 1 aromatic rings. The quantitative estimate of drug-likeness (QED) is 0.619. The first-order valence-electron chi connectivity index (χ1n) is 9.29. The SMILES string of the molecule is COc1ccc(S(=O)(=O)N2C(=O)CC[C@H]2C(=O)NCCCOC(C)C)cc1C. The number of hydrogen-bond donors (Lipinski definition) is 1. The predicted octanol–water partition coefficient (Wildman–Crippen LogP) is 1.61. The number of nitrogens with zero attached hydrogens (tertiary/aromatic N) is 1. The lowest BCUT2D eigenvalue weighted by atomic mass is 10.2. The molecule has 28 heavy (non-hydrogen) atoms. The molecule has 2 amide bonds. The van der Waals surface area contributed by atoms with Gasteiger partial charge in [-0.3, -0.25) is 9.59 Å². The zero-order valence-electron chi connectivity index (χ0n) is 16.7. The van der Waals surface area contributed by atoms with Gasteiger partial charge in [-0.2, -0.15) is 0 Å². The molecule has 2 rings (SSSR count). The molecule has 156 valence electrons. The van der Waals surface area contributed by atoms with Crippen LogP contribution in [0.25, 0.3) is 0 Å². The highest BCUT2D eigenvalue weighted by molar-refractivity contribution is 7.89. The molecule has 9 heteroatoms. The number of rotatable bonds is 9. The van der Waals surface area contributed by atoms with Crippen molar-refractivity contribution in [1.82, 2.24) is 9.62 Å². The van der Waals surface area contributed by atoms with Crippen molar-refractivity contribution in [3.63, 3.8) is 0 Å².